The van der Waals surface area contributed by atoms with E-state index in [2.05, 4.69) is 12.1 Å². The van der Waals surface area contributed by atoms with Crippen molar-refractivity contribution in [1.82, 2.24) is 5.06 Å². The third kappa shape index (κ3) is 3.20. The van der Waals surface area contributed by atoms with E-state index in [0.29, 0.717) is 6.61 Å². The molecule has 114 valence electrons. The number of hydroxylamine groups is 2. The average Bonchev–Trinajstić information content (AvgIpc) is 2.58. The van der Waals surface area contributed by atoms with Crippen LogP contribution < -0.4 is 0 Å². The normalized spacial score (nSPS) is 20.8. The number of aryl methyl sites for hydroxylation is 1. The van der Waals surface area contributed by atoms with Gasteiger partial charge in [-0.2, -0.15) is 0 Å². The lowest BCUT2D eigenvalue weighted by Crippen LogP contribution is -2.59. The number of carbonyl (C=O) groups excluding carboxylic acids is 1. The van der Waals surface area contributed by atoms with Gasteiger partial charge in [-0.15, -0.1) is 0 Å². The maximum Gasteiger partial charge on any atom is 0.251 e. The summed E-state index contributed by atoms with van der Waals surface area (Å²) in [5, 5.41) is 1.57. The molecule has 2 aromatic carbocycles. The Labute approximate surface area is 131 Å². The topological polar surface area (TPSA) is 29.5 Å². The molecule has 3 rings (SSSR count). The van der Waals surface area contributed by atoms with Crippen molar-refractivity contribution in [3.8, 4) is 0 Å². The second-order valence-corrected chi connectivity index (χ2v) is 5.80. The molecule has 3 heteroatoms. The maximum atomic E-state index is 12.0. The zero-order valence-electron chi connectivity index (χ0n) is 12.8. The van der Waals surface area contributed by atoms with Crippen LogP contribution in [0.4, 0.5) is 0 Å². The minimum Gasteiger partial charge on any atom is -0.272 e. The number of carbonyl (C=O) groups is 1. The summed E-state index contributed by atoms with van der Waals surface area (Å²) in [6.45, 7) is 2.43. The number of benzene rings is 2. The van der Waals surface area contributed by atoms with Gasteiger partial charge >= 0.3 is 0 Å². The van der Waals surface area contributed by atoms with Crippen molar-refractivity contribution in [2.24, 2.45) is 5.92 Å². The van der Waals surface area contributed by atoms with Crippen LogP contribution in [0.2, 0.25) is 0 Å². The Hall–Kier alpha value is -2.13. The van der Waals surface area contributed by atoms with Gasteiger partial charge in [-0.1, -0.05) is 67.6 Å². The second kappa shape index (κ2) is 6.75. The van der Waals surface area contributed by atoms with Crippen LogP contribution in [0.1, 0.15) is 24.5 Å². The van der Waals surface area contributed by atoms with Gasteiger partial charge in [0.1, 0.15) is 6.61 Å². The highest BCUT2D eigenvalue weighted by Crippen LogP contribution is 2.30. The Morgan fingerprint density at radius 3 is 2.18 bits per heavy atom. The summed E-state index contributed by atoms with van der Waals surface area (Å²) in [4.78, 5) is 17.7. The number of hydrogen-bond donors (Lipinski definition) is 0. The zero-order chi connectivity index (χ0) is 15.4. The van der Waals surface area contributed by atoms with Gasteiger partial charge in [0.15, 0.2) is 0 Å². The molecule has 1 aliphatic rings. The van der Waals surface area contributed by atoms with Crippen molar-refractivity contribution in [1.29, 1.82) is 0 Å². The van der Waals surface area contributed by atoms with Crippen LogP contribution in [0.25, 0.3) is 0 Å². The SMILES string of the molecule is C[C@H]1C(=O)N(OCc2ccccc2)[C@H]1CCc1ccccc1. The maximum absolute atomic E-state index is 12.0. The third-order valence-corrected chi connectivity index (χ3v) is 4.27. The van der Waals surface area contributed by atoms with E-state index in [9.17, 15) is 4.79 Å². The molecular weight excluding hydrogens is 274 g/mol. The van der Waals surface area contributed by atoms with Crippen molar-refractivity contribution in [2.75, 3.05) is 0 Å². The van der Waals surface area contributed by atoms with Gasteiger partial charge in [0.05, 0.1) is 12.0 Å². The van der Waals surface area contributed by atoms with Crippen molar-refractivity contribution in [3.05, 3.63) is 71.8 Å². The van der Waals surface area contributed by atoms with Crippen molar-refractivity contribution < 1.29 is 9.63 Å². The van der Waals surface area contributed by atoms with Crippen LogP contribution >= 0.6 is 0 Å². The van der Waals surface area contributed by atoms with E-state index in [1.807, 2.05) is 55.5 Å². The molecule has 1 aliphatic heterocycles. The largest absolute Gasteiger partial charge is 0.272 e. The first-order chi connectivity index (χ1) is 10.8. The molecular formula is C19H21NO2. The molecule has 0 aromatic heterocycles. The lowest BCUT2D eigenvalue weighted by molar-refractivity contribution is -0.247. The molecule has 0 aliphatic carbocycles. The molecule has 0 bridgehead atoms. The van der Waals surface area contributed by atoms with Gasteiger partial charge in [-0.05, 0) is 24.0 Å². The number of amides is 1. The van der Waals surface area contributed by atoms with E-state index in [1.165, 1.54) is 5.56 Å². The summed E-state index contributed by atoms with van der Waals surface area (Å²) in [6, 6.07) is 20.5. The predicted octanol–water partition coefficient (Wildman–Crippen LogP) is 3.60. The monoisotopic (exact) mass is 295 g/mol. The Morgan fingerprint density at radius 1 is 0.955 bits per heavy atom. The molecule has 1 fully saturated rings. The molecule has 22 heavy (non-hydrogen) atoms. The minimum absolute atomic E-state index is 0.0551. The molecule has 0 radical (unpaired) electrons. The first-order valence-electron chi connectivity index (χ1n) is 7.79. The van der Waals surface area contributed by atoms with Crippen LogP contribution in [0, 0.1) is 5.92 Å². The first-order valence-corrected chi connectivity index (χ1v) is 7.79. The highest BCUT2D eigenvalue weighted by molar-refractivity contribution is 5.84. The lowest BCUT2D eigenvalue weighted by atomic mass is 9.87. The van der Waals surface area contributed by atoms with Gasteiger partial charge in [0.2, 0.25) is 0 Å². The smallest absolute Gasteiger partial charge is 0.251 e. The minimum atomic E-state index is 0.0551. The number of β-lactam (4-membered cyclic amide) rings is 1. The fourth-order valence-electron chi connectivity index (χ4n) is 2.85. The Balaban J connectivity index is 1.55. The van der Waals surface area contributed by atoms with Gasteiger partial charge in [0.25, 0.3) is 5.91 Å². The van der Waals surface area contributed by atoms with E-state index in [-0.39, 0.29) is 17.9 Å². The Bertz CT molecular complexity index is 612. The molecule has 0 unspecified atom stereocenters. The summed E-state index contributed by atoms with van der Waals surface area (Å²) < 4.78 is 0. The van der Waals surface area contributed by atoms with Gasteiger partial charge in [-0.3, -0.25) is 9.63 Å². The van der Waals surface area contributed by atoms with Gasteiger partial charge in [0, 0.05) is 0 Å². The van der Waals surface area contributed by atoms with Crippen LogP contribution in [0.15, 0.2) is 60.7 Å². The van der Waals surface area contributed by atoms with E-state index in [1.54, 1.807) is 5.06 Å². The number of hydrogen-bond acceptors (Lipinski definition) is 2. The molecule has 0 saturated carbocycles. The van der Waals surface area contributed by atoms with Gasteiger partial charge in [-0.25, -0.2) is 5.06 Å². The molecule has 1 heterocycles. The summed E-state index contributed by atoms with van der Waals surface area (Å²) in [7, 11) is 0. The highest BCUT2D eigenvalue weighted by atomic mass is 16.7. The standard InChI is InChI=1S/C19H21NO2/c1-15-18(13-12-16-8-4-2-5-9-16)20(19(15)21)22-14-17-10-6-3-7-11-17/h2-11,15,18H,12-14H2,1H3/t15-,18+/m1/s1. The summed E-state index contributed by atoms with van der Waals surface area (Å²) in [6.07, 6.45) is 1.90. The summed E-state index contributed by atoms with van der Waals surface area (Å²) >= 11 is 0. The Kier molecular flexibility index (Phi) is 4.54. The first kappa shape index (κ1) is 14.8. The van der Waals surface area contributed by atoms with E-state index >= 15 is 0 Å². The molecule has 1 saturated heterocycles. The van der Waals surface area contributed by atoms with Crippen molar-refractivity contribution in [3.63, 3.8) is 0 Å². The molecule has 0 spiro atoms. The van der Waals surface area contributed by atoms with E-state index in [4.69, 9.17) is 4.84 Å². The van der Waals surface area contributed by atoms with Crippen LogP contribution in [0.5, 0.6) is 0 Å². The summed E-state index contributed by atoms with van der Waals surface area (Å²) in [5.41, 5.74) is 2.38. The predicted molar refractivity (Wildman–Crippen MR) is 85.8 cm³/mol. The second-order valence-electron chi connectivity index (χ2n) is 5.80. The molecule has 1 amide bonds. The molecule has 3 nitrogen and oxygen atoms in total. The van der Waals surface area contributed by atoms with Gasteiger partial charge < -0.3 is 0 Å². The van der Waals surface area contributed by atoms with E-state index < -0.39 is 0 Å². The average molecular weight is 295 g/mol. The molecule has 0 N–H and O–H groups in total. The molecule has 2 atom stereocenters. The fraction of sp³-hybridized carbons (Fsp3) is 0.316. The van der Waals surface area contributed by atoms with Crippen LogP contribution in [-0.2, 0) is 22.7 Å². The number of rotatable bonds is 6. The quantitative estimate of drug-likeness (QED) is 0.762. The van der Waals surface area contributed by atoms with Crippen molar-refractivity contribution >= 4 is 5.91 Å². The highest BCUT2D eigenvalue weighted by Gasteiger charge is 2.44. The third-order valence-electron chi connectivity index (χ3n) is 4.27. The summed E-state index contributed by atoms with van der Waals surface area (Å²) in [5.74, 6) is 0.147. The van der Waals surface area contributed by atoms with Crippen LogP contribution in [0.3, 0.4) is 0 Å². The zero-order valence-corrected chi connectivity index (χ0v) is 12.8. The fourth-order valence-corrected chi connectivity index (χ4v) is 2.85. The lowest BCUT2D eigenvalue weighted by Gasteiger charge is -2.44. The molecule has 2 aromatic rings. The van der Waals surface area contributed by atoms with Crippen molar-refractivity contribution in [2.45, 2.75) is 32.4 Å². The number of nitrogens with zero attached hydrogens (tertiary/aromatic N) is 1. The van der Waals surface area contributed by atoms with Crippen LogP contribution in [-0.4, -0.2) is 17.0 Å². The van der Waals surface area contributed by atoms with E-state index in [0.717, 1.165) is 18.4 Å². The Morgan fingerprint density at radius 2 is 1.55 bits per heavy atom.